The van der Waals surface area contributed by atoms with E-state index in [1.54, 1.807) is 0 Å². The third-order valence-corrected chi connectivity index (χ3v) is 4.17. The summed E-state index contributed by atoms with van der Waals surface area (Å²) in [5.41, 5.74) is 8.08. The van der Waals surface area contributed by atoms with E-state index in [0.717, 1.165) is 29.3 Å². The molecule has 2 aromatic rings. The summed E-state index contributed by atoms with van der Waals surface area (Å²) in [5.74, 6) is 1.51. The maximum absolute atomic E-state index is 12.1. The van der Waals surface area contributed by atoms with E-state index >= 15 is 0 Å². The van der Waals surface area contributed by atoms with Crippen LogP contribution in [0.4, 0.5) is 0 Å². The summed E-state index contributed by atoms with van der Waals surface area (Å²) in [5, 5.41) is 2.31. The zero-order valence-corrected chi connectivity index (χ0v) is 16.9. The van der Waals surface area contributed by atoms with Crippen molar-refractivity contribution in [3.05, 3.63) is 47.5 Å². The maximum Gasteiger partial charge on any atom is 0.225 e. The largest absolute Gasteiger partial charge is 0.369 e. The lowest BCUT2D eigenvalue weighted by atomic mass is 9.81. The van der Waals surface area contributed by atoms with Gasteiger partial charge in [0.25, 0.3) is 0 Å². The van der Waals surface area contributed by atoms with Crippen LogP contribution in [0.1, 0.15) is 30.9 Å². The Bertz CT molecular complexity index is 668. The summed E-state index contributed by atoms with van der Waals surface area (Å²) in [6.45, 7) is 5.08. The standard InChI is InChI=1S/C19H26N2O.CH3Br/c1-13(2)17(19(20)22)18-15(11-12-21(3)4)10-9-14-7-5-6-8-16(14)18;1-2/h5-10,13,17H,11-12H2,1-4H3,(H2,20,22);1H3. The lowest BCUT2D eigenvalue weighted by Crippen LogP contribution is -2.27. The molecule has 0 aliphatic rings. The minimum atomic E-state index is -0.247. The van der Waals surface area contributed by atoms with Crippen molar-refractivity contribution in [1.29, 1.82) is 0 Å². The summed E-state index contributed by atoms with van der Waals surface area (Å²) in [7, 11) is 4.13. The number of primary amides is 1. The molecule has 3 nitrogen and oxygen atoms in total. The highest BCUT2D eigenvalue weighted by Crippen LogP contribution is 2.34. The molecule has 0 saturated heterocycles. The SMILES string of the molecule is CBr.CC(C)C(C(N)=O)c1c(CCN(C)C)ccc2ccccc12. The van der Waals surface area contributed by atoms with E-state index in [1.165, 1.54) is 5.56 Å². The second-order valence-electron chi connectivity index (χ2n) is 6.54. The van der Waals surface area contributed by atoms with Crippen molar-refractivity contribution in [1.82, 2.24) is 4.90 Å². The van der Waals surface area contributed by atoms with Gasteiger partial charge >= 0.3 is 0 Å². The normalized spacial score (nSPS) is 12.2. The number of carbonyl (C=O) groups is 1. The number of hydrogen-bond donors (Lipinski definition) is 1. The van der Waals surface area contributed by atoms with E-state index in [4.69, 9.17) is 5.73 Å². The topological polar surface area (TPSA) is 46.3 Å². The number of nitrogens with two attached hydrogens (primary N) is 1. The van der Waals surface area contributed by atoms with Gasteiger partial charge in [-0.15, -0.1) is 0 Å². The smallest absolute Gasteiger partial charge is 0.225 e. The fraction of sp³-hybridized carbons (Fsp3) is 0.450. The average Bonchev–Trinajstić information content (AvgIpc) is 2.55. The van der Waals surface area contributed by atoms with Crippen molar-refractivity contribution in [3.63, 3.8) is 0 Å². The van der Waals surface area contributed by atoms with E-state index < -0.39 is 0 Å². The van der Waals surface area contributed by atoms with Gasteiger partial charge in [0, 0.05) is 6.54 Å². The molecule has 0 saturated carbocycles. The molecule has 2 N–H and O–H groups in total. The maximum atomic E-state index is 12.1. The van der Waals surface area contributed by atoms with Crippen LogP contribution < -0.4 is 5.73 Å². The average molecular weight is 393 g/mol. The van der Waals surface area contributed by atoms with Crippen molar-refractivity contribution >= 4 is 32.6 Å². The molecule has 0 aliphatic heterocycles. The molecular weight excluding hydrogens is 364 g/mol. The molecule has 2 rings (SSSR count). The van der Waals surface area contributed by atoms with E-state index in [1.807, 2.05) is 18.0 Å². The highest BCUT2D eigenvalue weighted by atomic mass is 79.9. The molecule has 24 heavy (non-hydrogen) atoms. The Morgan fingerprint density at radius 1 is 1.12 bits per heavy atom. The van der Waals surface area contributed by atoms with E-state index in [2.05, 4.69) is 73.0 Å². The molecule has 0 radical (unpaired) electrons. The van der Waals surface area contributed by atoms with Gasteiger partial charge in [-0.05, 0) is 54.2 Å². The Morgan fingerprint density at radius 2 is 1.75 bits per heavy atom. The lowest BCUT2D eigenvalue weighted by Gasteiger charge is -2.24. The van der Waals surface area contributed by atoms with Gasteiger partial charge < -0.3 is 10.6 Å². The first kappa shape index (κ1) is 20.7. The second kappa shape index (κ2) is 9.80. The van der Waals surface area contributed by atoms with Crippen LogP contribution in [0.25, 0.3) is 10.8 Å². The first-order valence-corrected chi connectivity index (χ1v) is 9.82. The Kier molecular flexibility index (Phi) is 8.43. The van der Waals surface area contributed by atoms with Crippen LogP contribution in [0.15, 0.2) is 36.4 Å². The van der Waals surface area contributed by atoms with Crippen molar-refractivity contribution in [2.75, 3.05) is 26.5 Å². The van der Waals surface area contributed by atoms with Crippen LogP contribution in [0.5, 0.6) is 0 Å². The van der Waals surface area contributed by atoms with E-state index in [0.29, 0.717) is 0 Å². The number of alkyl halides is 1. The molecule has 1 amide bonds. The van der Waals surface area contributed by atoms with Gasteiger partial charge in [0.2, 0.25) is 5.91 Å². The minimum Gasteiger partial charge on any atom is -0.369 e. The first-order valence-electron chi connectivity index (χ1n) is 8.24. The zero-order valence-electron chi connectivity index (χ0n) is 15.3. The Labute approximate surface area is 154 Å². The van der Waals surface area contributed by atoms with Crippen LogP contribution in [-0.4, -0.2) is 37.3 Å². The molecule has 2 aromatic carbocycles. The number of halogens is 1. The number of amides is 1. The van der Waals surface area contributed by atoms with E-state index in [-0.39, 0.29) is 17.7 Å². The van der Waals surface area contributed by atoms with Crippen molar-refractivity contribution in [3.8, 4) is 0 Å². The molecule has 1 atom stereocenters. The number of rotatable bonds is 6. The quantitative estimate of drug-likeness (QED) is 0.749. The number of carbonyl (C=O) groups excluding carboxylic acids is 1. The van der Waals surface area contributed by atoms with Crippen molar-refractivity contribution in [2.45, 2.75) is 26.2 Å². The summed E-state index contributed by atoms with van der Waals surface area (Å²) in [6, 6.07) is 12.5. The predicted molar refractivity (Wildman–Crippen MR) is 108 cm³/mol. The highest BCUT2D eigenvalue weighted by molar-refractivity contribution is 9.08. The summed E-state index contributed by atoms with van der Waals surface area (Å²) >= 11 is 2.94. The molecule has 0 aromatic heterocycles. The van der Waals surface area contributed by atoms with E-state index in [9.17, 15) is 4.79 Å². The molecule has 132 valence electrons. The molecule has 0 spiro atoms. The van der Waals surface area contributed by atoms with Gasteiger partial charge in [-0.2, -0.15) is 0 Å². The van der Waals surface area contributed by atoms with Gasteiger partial charge in [-0.25, -0.2) is 0 Å². The number of hydrogen-bond acceptors (Lipinski definition) is 2. The summed E-state index contributed by atoms with van der Waals surface area (Å²) < 4.78 is 0. The van der Waals surface area contributed by atoms with Gasteiger partial charge in [0.15, 0.2) is 0 Å². The molecule has 0 bridgehead atoms. The Morgan fingerprint density at radius 3 is 2.29 bits per heavy atom. The summed E-state index contributed by atoms with van der Waals surface area (Å²) in [4.78, 5) is 14.2. The Hall–Kier alpha value is -1.39. The number of benzene rings is 2. The molecule has 0 aliphatic carbocycles. The van der Waals surface area contributed by atoms with Crippen LogP contribution in [0.2, 0.25) is 0 Å². The fourth-order valence-corrected chi connectivity index (χ4v) is 3.07. The summed E-state index contributed by atoms with van der Waals surface area (Å²) in [6.07, 6.45) is 0.920. The molecule has 1 unspecified atom stereocenters. The lowest BCUT2D eigenvalue weighted by molar-refractivity contribution is -0.120. The van der Waals surface area contributed by atoms with Gasteiger partial charge in [-0.3, -0.25) is 4.79 Å². The number of nitrogens with zero attached hydrogens (tertiary/aromatic N) is 1. The molecular formula is C20H29BrN2O. The first-order chi connectivity index (χ1) is 11.4. The predicted octanol–water partition coefficient (Wildman–Crippen LogP) is 4.18. The fourth-order valence-electron chi connectivity index (χ4n) is 3.07. The van der Waals surface area contributed by atoms with Crippen LogP contribution >= 0.6 is 15.9 Å². The second-order valence-corrected chi connectivity index (χ2v) is 6.54. The van der Waals surface area contributed by atoms with Crippen molar-refractivity contribution in [2.24, 2.45) is 11.7 Å². The minimum absolute atomic E-state index is 0.182. The van der Waals surface area contributed by atoms with Gasteiger partial charge in [-0.1, -0.05) is 66.2 Å². The van der Waals surface area contributed by atoms with Gasteiger partial charge in [0.1, 0.15) is 0 Å². The zero-order chi connectivity index (χ0) is 18.3. The molecule has 0 fully saturated rings. The monoisotopic (exact) mass is 392 g/mol. The van der Waals surface area contributed by atoms with Crippen LogP contribution in [0.3, 0.4) is 0 Å². The molecule has 4 heteroatoms. The van der Waals surface area contributed by atoms with Crippen LogP contribution in [-0.2, 0) is 11.2 Å². The Balaban J connectivity index is 0.00000139. The molecule has 0 heterocycles. The van der Waals surface area contributed by atoms with Gasteiger partial charge in [0.05, 0.1) is 5.92 Å². The van der Waals surface area contributed by atoms with Crippen LogP contribution in [0, 0.1) is 5.92 Å². The third kappa shape index (κ3) is 5.05. The highest BCUT2D eigenvalue weighted by Gasteiger charge is 2.26. The van der Waals surface area contributed by atoms with Crippen molar-refractivity contribution < 1.29 is 4.79 Å². The third-order valence-electron chi connectivity index (χ3n) is 4.17. The number of likely N-dealkylation sites (N-methyl/N-ethyl adjacent to an activating group) is 1. The number of fused-ring (bicyclic) bond motifs is 1.